The van der Waals surface area contributed by atoms with Gasteiger partial charge in [0.25, 0.3) is 11.8 Å². The van der Waals surface area contributed by atoms with Crippen LogP contribution >= 0.6 is 11.3 Å². The molecular weight excluding hydrogens is 382 g/mol. The summed E-state index contributed by atoms with van der Waals surface area (Å²) in [6.07, 6.45) is 0. The fraction of sp³-hybridized carbons (Fsp3) is 0.174. The second kappa shape index (κ2) is 9.30. The Hall–Kier alpha value is -3.25. The molecule has 5 nitrogen and oxygen atoms in total. The van der Waals surface area contributed by atoms with Crippen LogP contribution in [0.2, 0.25) is 0 Å². The average molecular weight is 406 g/mol. The SMILES string of the molecule is C/C(=N\NC(=O)c1ccc(C(C)C)cc1)c1ccc(NC(=O)c2cccs2)cc1. The summed E-state index contributed by atoms with van der Waals surface area (Å²) in [5.74, 6) is 0.0406. The molecule has 0 aliphatic heterocycles. The standard InChI is InChI=1S/C23H23N3O2S/c1-15(2)17-6-8-19(9-7-17)22(27)26-25-16(3)18-10-12-20(13-11-18)24-23(28)21-5-4-14-29-21/h4-15H,1-3H3,(H,24,28)(H,26,27)/b25-16+. The van der Waals surface area contributed by atoms with Crippen molar-refractivity contribution in [2.45, 2.75) is 26.7 Å². The van der Waals surface area contributed by atoms with E-state index in [9.17, 15) is 9.59 Å². The van der Waals surface area contributed by atoms with Gasteiger partial charge in [-0.25, -0.2) is 5.43 Å². The van der Waals surface area contributed by atoms with Gasteiger partial charge in [0, 0.05) is 11.3 Å². The minimum atomic E-state index is -0.250. The molecule has 6 heteroatoms. The highest BCUT2D eigenvalue weighted by Gasteiger charge is 2.08. The number of rotatable bonds is 6. The summed E-state index contributed by atoms with van der Waals surface area (Å²) in [6.45, 7) is 6.05. The normalized spacial score (nSPS) is 11.4. The van der Waals surface area contributed by atoms with Crippen molar-refractivity contribution in [2.24, 2.45) is 5.10 Å². The van der Waals surface area contributed by atoms with Crippen molar-refractivity contribution in [1.29, 1.82) is 0 Å². The maximum absolute atomic E-state index is 12.3. The van der Waals surface area contributed by atoms with E-state index >= 15 is 0 Å². The van der Waals surface area contributed by atoms with E-state index in [4.69, 9.17) is 0 Å². The lowest BCUT2D eigenvalue weighted by Gasteiger charge is -2.07. The zero-order valence-electron chi connectivity index (χ0n) is 16.6. The van der Waals surface area contributed by atoms with Gasteiger partial charge in [-0.1, -0.05) is 44.2 Å². The molecule has 2 aromatic carbocycles. The number of carbonyl (C=O) groups excluding carboxylic acids is 2. The Morgan fingerprint density at radius 2 is 1.55 bits per heavy atom. The number of thiophene rings is 1. The van der Waals surface area contributed by atoms with Crippen molar-refractivity contribution < 1.29 is 9.59 Å². The van der Waals surface area contributed by atoms with Crippen LogP contribution in [0.15, 0.2) is 71.1 Å². The van der Waals surface area contributed by atoms with Crippen molar-refractivity contribution in [1.82, 2.24) is 5.43 Å². The number of nitrogens with zero attached hydrogens (tertiary/aromatic N) is 1. The number of hydrogen-bond donors (Lipinski definition) is 2. The maximum atomic E-state index is 12.3. The Kier molecular flexibility index (Phi) is 6.57. The fourth-order valence-electron chi connectivity index (χ4n) is 2.68. The molecule has 2 amide bonds. The van der Waals surface area contributed by atoms with Crippen LogP contribution in [-0.2, 0) is 0 Å². The van der Waals surface area contributed by atoms with Gasteiger partial charge in [-0.15, -0.1) is 11.3 Å². The lowest BCUT2D eigenvalue weighted by molar-refractivity contribution is 0.0954. The smallest absolute Gasteiger partial charge is 0.271 e. The molecule has 0 bridgehead atoms. The van der Waals surface area contributed by atoms with E-state index in [1.54, 1.807) is 18.2 Å². The first-order valence-corrected chi connectivity index (χ1v) is 10.2. The molecule has 0 fully saturated rings. The molecule has 0 saturated heterocycles. The van der Waals surface area contributed by atoms with Crippen molar-refractivity contribution in [3.63, 3.8) is 0 Å². The van der Waals surface area contributed by atoms with Crippen molar-refractivity contribution in [2.75, 3.05) is 5.32 Å². The van der Waals surface area contributed by atoms with Gasteiger partial charge >= 0.3 is 0 Å². The summed E-state index contributed by atoms with van der Waals surface area (Å²) < 4.78 is 0. The molecular formula is C23H23N3O2S. The highest BCUT2D eigenvalue weighted by Crippen LogP contribution is 2.16. The van der Waals surface area contributed by atoms with Crippen LogP contribution in [0.1, 0.15) is 57.8 Å². The van der Waals surface area contributed by atoms with Gasteiger partial charge in [0.1, 0.15) is 0 Å². The van der Waals surface area contributed by atoms with E-state index in [2.05, 4.69) is 29.7 Å². The molecule has 148 valence electrons. The Morgan fingerprint density at radius 3 is 2.14 bits per heavy atom. The molecule has 0 atom stereocenters. The number of hydrazone groups is 1. The Labute approximate surface area is 174 Å². The van der Waals surface area contributed by atoms with Gasteiger partial charge in [-0.2, -0.15) is 5.10 Å². The van der Waals surface area contributed by atoms with E-state index < -0.39 is 0 Å². The van der Waals surface area contributed by atoms with Gasteiger partial charge in [0.05, 0.1) is 10.6 Å². The maximum Gasteiger partial charge on any atom is 0.271 e. The van der Waals surface area contributed by atoms with Crippen molar-refractivity contribution >= 4 is 34.6 Å². The molecule has 3 aromatic rings. The molecule has 0 aliphatic rings. The van der Waals surface area contributed by atoms with Gasteiger partial charge in [-0.05, 0) is 59.7 Å². The average Bonchev–Trinajstić information content (AvgIpc) is 3.27. The Balaban J connectivity index is 1.60. The molecule has 1 heterocycles. The van der Waals surface area contributed by atoms with Gasteiger partial charge in [-0.3, -0.25) is 9.59 Å². The number of benzene rings is 2. The minimum absolute atomic E-state index is 0.131. The van der Waals surface area contributed by atoms with Crippen molar-refractivity contribution in [3.8, 4) is 0 Å². The fourth-order valence-corrected chi connectivity index (χ4v) is 3.30. The van der Waals surface area contributed by atoms with Crippen LogP contribution in [0.4, 0.5) is 5.69 Å². The summed E-state index contributed by atoms with van der Waals surface area (Å²) in [5.41, 5.74) is 6.58. The monoisotopic (exact) mass is 405 g/mol. The molecule has 1 aromatic heterocycles. The number of anilines is 1. The zero-order valence-corrected chi connectivity index (χ0v) is 17.4. The molecule has 0 saturated carbocycles. The van der Waals surface area contributed by atoms with E-state index in [1.165, 1.54) is 16.9 Å². The van der Waals surface area contributed by atoms with Crippen molar-refractivity contribution in [3.05, 3.63) is 87.6 Å². The third-order valence-corrected chi connectivity index (χ3v) is 5.34. The molecule has 3 rings (SSSR count). The van der Waals surface area contributed by atoms with E-state index in [1.807, 2.05) is 54.8 Å². The zero-order chi connectivity index (χ0) is 20.8. The first-order valence-electron chi connectivity index (χ1n) is 9.34. The Bertz CT molecular complexity index is 1010. The van der Waals surface area contributed by atoms with Crippen LogP contribution in [-0.4, -0.2) is 17.5 Å². The summed E-state index contributed by atoms with van der Waals surface area (Å²) in [7, 11) is 0. The predicted molar refractivity (Wildman–Crippen MR) is 119 cm³/mol. The highest BCUT2D eigenvalue weighted by atomic mass is 32.1. The number of amides is 2. The number of carbonyl (C=O) groups is 2. The second-order valence-corrected chi connectivity index (χ2v) is 7.87. The predicted octanol–water partition coefficient (Wildman–Crippen LogP) is 5.28. The van der Waals surface area contributed by atoms with Crippen LogP contribution in [0.5, 0.6) is 0 Å². The molecule has 29 heavy (non-hydrogen) atoms. The summed E-state index contributed by atoms with van der Waals surface area (Å²) in [5, 5.41) is 8.91. The lowest BCUT2D eigenvalue weighted by Crippen LogP contribution is -2.19. The second-order valence-electron chi connectivity index (χ2n) is 6.92. The Morgan fingerprint density at radius 1 is 0.897 bits per heavy atom. The summed E-state index contributed by atoms with van der Waals surface area (Å²) in [4.78, 5) is 25.0. The number of hydrogen-bond acceptors (Lipinski definition) is 4. The summed E-state index contributed by atoms with van der Waals surface area (Å²) in [6, 6.07) is 18.5. The quantitative estimate of drug-likeness (QED) is 0.433. The third kappa shape index (κ3) is 5.39. The minimum Gasteiger partial charge on any atom is -0.321 e. The topological polar surface area (TPSA) is 70.6 Å². The number of nitrogens with one attached hydrogen (secondary N) is 2. The van der Waals surface area contributed by atoms with Crippen LogP contribution in [0.3, 0.4) is 0 Å². The lowest BCUT2D eigenvalue weighted by atomic mass is 10.0. The van der Waals surface area contributed by atoms with Crippen LogP contribution in [0, 0.1) is 0 Å². The van der Waals surface area contributed by atoms with Gasteiger partial charge in [0.2, 0.25) is 0 Å². The highest BCUT2D eigenvalue weighted by molar-refractivity contribution is 7.12. The first-order chi connectivity index (χ1) is 13.9. The summed E-state index contributed by atoms with van der Waals surface area (Å²) >= 11 is 1.40. The molecule has 0 radical (unpaired) electrons. The van der Waals surface area contributed by atoms with Gasteiger partial charge in [0.15, 0.2) is 0 Å². The third-order valence-electron chi connectivity index (χ3n) is 4.47. The largest absolute Gasteiger partial charge is 0.321 e. The van der Waals surface area contributed by atoms with Gasteiger partial charge < -0.3 is 5.32 Å². The van der Waals surface area contributed by atoms with Crippen LogP contribution in [0.25, 0.3) is 0 Å². The molecule has 0 aliphatic carbocycles. The first kappa shape index (κ1) is 20.5. The van der Waals surface area contributed by atoms with E-state index in [-0.39, 0.29) is 11.8 Å². The molecule has 2 N–H and O–H groups in total. The van der Waals surface area contributed by atoms with E-state index in [0.29, 0.717) is 27.8 Å². The van der Waals surface area contributed by atoms with E-state index in [0.717, 1.165) is 5.56 Å². The molecule has 0 unspecified atom stereocenters. The van der Waals surface area contributed by atoms with Crippen LogP contribution < -0.4 is 10.7 Å². The molecule has 0 spiro atoms.